The molecule has 2 heterocycles. The number of benzene rings is 2. The Morgan fingerprint density at radius 1 is 1.22 bits per heavy atom. The number of aromatic nitrogens is 6. The highest BCUT2D eigenvalue weighted by Crippen LogP contribution is 2.26. The summed E-state index contributed by atoms with van der Waals surface area (Å²) in [5, 5.41) is 20.5. The average molecular weight is 436 g/mol. The number of carbonyl (C=O) groups is 1. The number of rotatable bonds is 7. The van der Waals surface area contributed by atoms with E-state index < -0.39 is 17.1 Å². The van der Waals surface area contributed by atoms with Gasteiger partial charge in [0.05, 0.1) is 5.69 Å². The number of hydrogen-bond donors (Lipinski definition) is 1. The molecule has 1 N–H and O–H groups in total. The molecular formula is C21H17FN6O4. The molecule has 0 saturated carbocycles. The van der Waals surface area contributed by atoms with Crippen LogP contribution in [0.4, 0.5) is 4.39 Å². The maximum absolute atomic E-state index is 13.5. The Bertz CT molecular complexity index is 1340. The third kappa shape index (κ3) is 4.08. The van der Waals surface area contributed by atoms with Crippen LogP contribution in [0.3, 0.4) is 0 Å². The highest BCUT2D eigenvalue weighted by Gasteiger charge is 2.18. The fourth-order valence-corrected chi connectivity index (χ4v) is 3.16. The lowest BCUT2D eigenvalue weighted by Gasteiger charge is -2.16. The summed E-state index contributed by atoms with van der Waals surface area (Å²) in [5.41, 5.74) is 0.238. The van der Waals surface area contributed by atoms with Crippen LogP contribution in [-0.2, 0) is 13.0 Å². The summed E-state index contributed by atoms with van der Waals surface area (Å²) in [7, 11) is 0. The first-order valence-corrected chi connectivity index (χ1v) is 9.57. The SMILES string of the molecule is CCc1ncc(C(=O)O)c(=O)n1-c1ccc(OCc2cccc(F)c2)c(-n2cnnn2)c1. The number of carboxylic acids is 1. The predicted octanol–water partition coefficient (Wildman–Crippen LogP) is 2.19. The monoisotopic (exact) mass is 436 g/mol. The minimum absolute atomic E-state index is 0.0858. The van der Waals surface area contributed by atoms with E-state index in [1.807, 2.05) is 0 Å². The normalized spacial score (nSPS) is 10.8. The average Bonchev–Trinajstić information content (AvgIpc) is 3.32. The molecular weight excluding hydrogens is 419 g/mol. The highest BCUT2D eigenvalue weighted by molar-refractivity contribution is 5.86. The van der Waals surface area contributed by atoms with E-state index in [0.717, 1.165) is 6.20 Å². The van der Waals surface area contributed by atoms with Gasteiger partial charge in [0.25, 0.3) is 5.56 Å². The van der Waals surface area contributed by atoms with Gasteiger partial charge >= 0.3 is 5.97 Å². The number of nitrogens with zero attached hydrogens (tertiary/aromatic N) is 6. The molecule has 0 spiro atoms. The molecule has 162 valence electrons. The zero-order valence-corrected chi connectivity index (χ0v) is 16.8. The van der Waals surface area contributed by atoms with Crippen molar-refractivity contribution in [1.82, 2.24) is 29.8 Å². The Morgan fingerprint density at radius 2 is 2.06 bits per heavy atom. The molecule has 0 bridgehead atoms. The number of hydrogen-bond acceptors (Lipinski definition) is 7. The van der Waals surface area contributed by atoms with Crippen LogP contribution in [0, 0.1) is 5.82 Å². The summed E-state index contributed by atoms with van der Waals surface area (Å²) >= 11 is 0. The molecule has 4 rings (SSSR count). The van der Waals surface area contributed by atoms with Crippen LogP contribution in [0.25, 0.3) is 11.4 Å². The number of aromatic carboxylic acids is 1. The van der Waals surface area contributed by atoms with Gasteiger partial charge in [-0.25, -0.2) is 14.2 Å². The first-order valence-electron chi connectivity index (χ1n) is 9.57. The van der Waals surface area contributed by atoms with Crippen molar-refractivity contribution in [2.24, 2.45) is 0 Å². The third-order valence-electron chi connectivity index (χ3n) is 4.66. The molecule has 10 nitrogen and oxygen atoms in total. The fourth-order valence-electron chi connectivity index (χ4n) is 3.16. The molecule has 0 fully saturated rings. The van der Waals surface area contributed by atoms with Gasteiger partial charge in [-0.2, -0.15) is 4.68 Å². The molecule has 0 aliphatic rings. The number of carboxylic acid groups (broad SMARTS) is 1. The van der Waals surface area contributed by atoms with Gasteiger partial charge in [0.1, 0.15) is 41.6 Å². The largest absolute Gasteiger partial charge is 0.487 e. The van der Waals surface area contributed by atoms with Crippen molar-refractivity contribution in [2.75, 3.05) is 0 Å². The van der Waals surface area contributed by atoms with Crippen molar-refractivity contribution >= 4 is 5.97 Å². The Kier molecular flexibility index (Phi) is 5.71. The lowest BCUT2D eigenvalue weighted by Crippen LogP contribution is -2.28. The Hall–Kier alpha value is -4.41. The van der Waals surface area contributed by atoms with Crippen LogP contribution in [0.1, 0.15) is 28.7 Å². The fraction of sp³-hybridized carbons (Fsp3) is 0.143. The van der Waals surface area contributed by atoms with E-state index in [1.54, 1.807) is 37.3 Å². The van der Waals surface area contributed by atoms with E-state index in [1.165, 1.54) is 27.7 Å². The Morgan fingerprint density at radius 3 is 2.75 bits per heavy atom. The summed E-state index contributed by atoms with van der Waals surface area (Å²) in [6, 6.07) is 10.8. The van der Waals surface area contributed by atoms with Gasteiger partial charge < -0.3 is 9.84 Å². The molecule has 2 aromatic carbocycles. The van der Waals surface area contributed by atoms with Gasteiger partial charge in [-0.15, -0.1) is 5.10 Å². The number of ether oxygens (including phenoxy) is 1. The first-order chi connectivity index (χ1) is 15.5. The number of tetrazole rings is 1. The summed E-state index contributed by atoms with van der Waals surface area (Å²) < 4.78 is 21.9. The second-order valence-corrected chi connectivity index (χ2v) is 6.71. The van der Waals surface area contributed by atoms with Crippen LogP contribution in [-0.4, -0.2) is 40.8 Å². The molecule has 0 atom stereocenters. The lowest BCUT2D eigenvalue weighted by atomic mass is 10.2. The van der Waals surface area contributed by atoms with Gasteiger partial charge in [0.15, 0.2) is 0 Å². The Balaban J connectivity index is 1.80. The van der Waals surface area contributed by atoms with Crippen molar-refractivity contribution in [1.29, 1.82) is 0 Å². The summed E-state index contributed by atoms with van der Waals surface area (Å²) in [6.07, 6.45) is 2.80. The highest BCUT2D eigenvalue weighted by atomic mass is 19.1. The van der Waals surface area contributed by atoms with E-state index in [9.17, 15) is 19.1 Å². The third-order valence-corrected chi connectivity index (χ3v) is 4.66. The van der Waals surface area contributed by atoms with Crippen molar-refractivity contribution in [3.8, 4) is 17.1 Å². The minimum atomic E-state index is -1.37. The van der Waals surface area contributed by atoms with Gasteiger partial charge in [-0.1, -0.05) is 19.1 Å². The molecule has 0 unspecified atom stereocenters. The molecule has 0 amide bonds. The molecule has 0 saturated heterocycles. The standard InChI is InChI=1S/C21H17FN6O4/c1-2-19-23-10-16(21(30)31)20(29)28(19)15-6-7-18(17(9-15)27-12-24-25-26-27)32-11-13-4-3-5-14(22)8-13/h3-10,12H,2,11H2,1H3,(H,30,31). The summed E-state index contributed by atoms with van der Waals surface area (Å²) in [4.78, 5) is 28.4. The molecule has 0 radical (unpaired) electrons. The van der Waals surface area contributed by atoms with E-state index in [-0.39, 0.29) is 12.4 Å². The quantitative estimate of drug-likeness (QED) is 0.467. The van der Waals surface area contributed by atoms with Crippen LogP contribution in [0.5, 0.6) is 5.75 Å². The van der Waals surface area contributed by atoms with Crippen LogP contribution in [0.15, 0.2) is 59.8 Å². The molecule has 32 heavy (non-hydrogen) atoms. The molecule has 2 aromatic heterocycles. The Labute approximate surface area is 180 Å². The van der Waals surface area contributed by atoms with Crippen molar-refractivity contribution in [3.05, 3.63) is 88.1 Å². The number of halogens is 1. The molecule has 4 aromatic rings. The molecule has 0 aliphatic carbocycles. The van der Waals surface area contributed by atoms with Gasteiger partial charge in [0.2, 0.25) is 0 Å². The summed E-state index contributed by atoms with van der Waals surface area (Å²) in [5.74, 6) is -0.982. The smallest absolute Gasteiger partial charge is 0.342 e. The lowest BCUT2D eigenvalue weighted by molar-refractivity contribution is 0.0694. The van der Waals surface area contributed by atoms with Gasteiger partial charge in [-0.05, 0) is 46.3 Å². The van der Waals surface area contributed by atoms with E-state index in [2.05, 4.69) is 20.5 Å². The van der Waals surface area contributed by atoms with Crippen LogP contribution in [0.2, 0.25) is 0 Å². The van der Waals surface area contributed by atoms with E-state index in [0.29, 0.717) is 34.9 Å². The van der Waals surface area contributed by atoms with E-state index in [4.69, 9.17) is 4.74 Å². The van der Waals surface area contributed by atoms with Crippen molar-refractivity contribution in [2.45, 2.75) is 20.0 Å². The van der Waals surface area contributed by atoms with Crippen LogP contribution >= 0.6 is 0 Å². The minimum Gasteiger partial charge on any atom is -0.487 e. The van der Waals surface area contributed by atoms with Gasteiger partial charge in [0, 0.05) is 12.6 Å². The number of aryl methyl sites for hydroxylation is 1. The second kappa shape index (κ2) is 8.76. The van der Waals surface area contributed by atoms with Crippen LogP contribution < -0.4 is 10.3 Å². The first kappa shape index (κ1) is 20.8. The summed E-state index contributed by atoms with van der Waals surface area (Å²) in [6.45, 7) is 1.89. The zero-order chi connectivity index (χ0) is 22.7. The molecule has 11 heteroatoms. The van der Waals surface area contributed by atoms with E-state index >= 15 is 0 Å². The van der Waals surface area contributed by atoms with Gasteiger partial charge in [-0.3, -0.25) is 9.36 Å². The maximum Gasteiger partial charge on any atom is 0.342 e. The van der Waals surface area contributed by atoms with Crippen molar-refractivity contribution in [3.63, 3.8) is 0 Å². The maximum atomic E-state index is 13.5. The second-order valence-electron chi connectivity index (χ2n) is 6.71. The zero-order valence-electron chi connectivity index (χ0n) is 16.8. The topological polar surface area (TPSA) is 125 Å². The molecule has 0 aliphatic heterocycles. The predicted molar refractivity (Wildman–Crippen MR) is 110 cm³/mol. The van der Waals surface area contributed by atoms with Crippen molar-refractivity contribution < 1.29 is 19.0 Å².